The summed E-state index contributed by atoms with van der Waals surface area (Å²) in [4.78, 5) is 40.3. The molecule has 2 aromatic heterocycles. The van der Waals surface area contributed by atoms with E-state index in [4.69, 9.17) is 9.15 Å². The number of aromatic nitrogens is 1. The number of pyridine rings is 1. The number of hydrogen-bond acceptors (Lipinski definition) is 6. The molecule has 2 heterocycles. The molecule has 0 spiro atoms. The van der Waals surface area contributed by atoms with Crippen LogP contribution in [0.5, 0.6) is 0 Å². The van der Waals surface area contributed by atoms with Crippen LogP contribution in [0, 0.1) is 13.8 Å². The number of nitrogens with one attached hydrogen (secondary N) is 1. The number of nitrogens with zero attached hydrogens (tertiary/aromatic N) is 1. The van der Waals surface area contributed by atoms with Crippen molar-refractivity contribution < 1.29 is 18.7 Å². The molecule has 0 saturated heterocycles. The molecule has 28 heavy (non-hydrogen) atoms. The van der Waals surface area contributed by atoms with Crippen LogP contribution in [-0.2, 0) is 16.1 Å². The van der Waals surface area contributed by atoms with E-state index < -0.39 is 17.5 Å². The first-order chi connectivity index (χ1) is 13.3. The molecule has 3 aromatic rings. The van der Waals surface area contributed by atoms with Gasteiger partial charge < -0.3 is 14.5 Å². The molecule has 144 valence electrons. The van der Waals surface area contributed by atoms with E-state index in [0.717, 1.165) is 10.0 Å². The van der Waals surface area contributed by atoms with Crippen molar-refractivity contribution in [2.45, 2.75) is 27.4 Å². The number of benzene rings is 1. The van der Waals surface area contributed by atoms with Crippen LogP contribution in [0.15, 0.2) is 44.1 Å². The minimum absolute atomic E-state index is 0.0419. The summed E-state index contributed by atoms with van der Waals surface area (Å²) < 4.78 is 11.3. The maximum absolute atomic E-state index is 12.7. The lowest BCUT2D eigenvalue weighted by Gasteiger charge is -2.10. The zero-order chi connectivity index (χ0) is 20.4. The number of carbonyl (C=O) groups is 2. The highest BCUT2D eigenvalue weighted by Crippen LogP contribution is 2.23. The molecule has 8 heteroatoms. The van der Waals surface area contributed by atoms with Gasteiger partial charge in [-0.2, -0.15) is 0 Å². The predicted octanol–water partition coefficient (Wildman–Crippen LogP) is 3.88. The first-order valence-electron chi connectivity index (χ1n) is 8.39. The third-order valence-electron chi connectivity index (χ3n) is 4.13. The normalized spacial score (nSPS) is 10.7. The monoisotopic (exact) mass is 444 g/mol. The first kappa shape index (κ1) is 19.8. The van der Waals surface area contributed by atoms with Crippen molar-refractivity contribution in [2.75, 3.05) is 5.32 Å². The number of aryl methyl sites for hydroxylation is 2. The fourth-order valence-electron chi connectivity index (χ4n) is 2.66. The number of ether oxygens (including phenoxy) is 1. The van der Waals surface area contributed by atoms with Crippen LogP contribution in [0.25, 0.3) is 11.0 Å². The quantitative estimate of drug-likeness (QED) is 0.612. The largest absolute Gasteiger partial charge is 0.461 e. The van der Waals surface area contributed by atoms with Gasteiger partial charge in [0.2, 0.25) is 0 Å². The van der Waals surface area contributed by atoms with E-state index in [2.05, 4.69) is 26.2 Å². The van der Waals surface area contributed by atoms with E-state index >= 15 is 0 Å². The highest BCUT2D eigenvalue weighted by molar-refractivity contribution is 9.10. The minimum Gasteiger partial charge on any atom is -0.461 e. The van der Waals surface area contributed by atoms with Crippen LogP contribution in [0.1, 0.15) is 34.1 Å². The van der Waals surface area contributed by atoms with Crippen molar-refractivity contribution in [1.29, 1.82) is 0 Å². The molecule has 1 N–H and O–H groups in total. The van der Waals surface area contributed by atoms with Gasteiger partial charge in [-0.15, -0.1) is 0 Å². The van der Waals surface area contributed by atoms with Crippen molar-refractivity contribution in [3.63, 3.8) is 0 Å². The molecular formula is C20H17BrN2O5. The maximum atomic E-state index is 12.7. The van der Waals surface area contributed by atoms with Gasteiger partial charge in [0.25, 0.3) is 5.91 Å². The minimum atomic E-state index is -0.770. The summed E-state index contributed by atoms with van der Waals surface area (Å²) in [6.07, 6.45) is 1.53. The third kappa shape index (κ3) is 4.12. The second-order valence-corrected chi connectivity index (χ2v) is 7.11. The third-order valence-corrected chi connectivity index (χ3v) is 5.02. The Labute approximate surface area is 168 Å². The lowest BCUT2D eigenvalue weighted by atomic mass is 10.1. The van der Waals surface area contributed by atoms with Crippen LogP contribution in [0.3, 0.4) is 0 Å². The van der Waals surface area contributed by atoms with Gasteiger partial charge in [-0.3, -0.25) is 14.6 Å². The van der Waals surface area contributed by atoms with Crippen LogP contribution >= 0.6 is 15.9 Å². The predicted molar refractivity (Wildman–Crippen MR) is 107 cm³/mol. The molecule has 0 atom stereocenters. The number of amides is 1. The van der Waals surface area contributed by atoms with Crippen molar-refractivity contribution in [3.8, 4) is 0 Å². The average Bonchev–Trinajstić information content (AvgIpc) is 2.64. The van der Waals surface area contributed by atoms with Crippen molar-refractivity contribution in [2.24, 2.45) is 0 Å². The molecule has 3 rings (SSSR count). The number of rotatable bonds is 4. The van der Waals surface area contributed by atoms with Gasteiger partial charge in [-0.25, -0.2) is 4.79 Å². The summed E-state index contributed by atoms with van der Waals surface area (Å²) in [7, 11) is 0. The summed E-state index contributed by atoms with van der Waals surface area (Å²) in [5, 5.41) is 3.19. The number of hydrogen-bond donors (Lipinski definition) is 1. The van der Waals surface area contributed by atoms with Crippen molar-refractivity contribution >= 4 is 44.5 Å². The number of anilines is 1. The highest BCUT2D eigenvalue weighted by atomic mass is 79.9. The molecule has 0 saturated carbocycles. The first-order valence-corrected chi connectivity index (χ1v) is 9.18. The molecule has 0 fully saturated rings. The van der Waals surface area contributed by atoms with Gasteiger partial charge in [0.05, 0.1) is 5.69 Å². The van der Waals surface area contributed by atoms with Crippen LogP contribution in [0.4, 0.5) is 5.69 Å². The molecule has 1 amide bonds. The van der Waals surface area contributed by atoms with E-state index in [0.29, 0.717) is 22.3 Å². The van der Waals surface area contributed by atoms with E-state index in [1.165, 1.54) is 19.2 Å². The van der Waals surface area contributed by atoms with Crippen LogP contribution in [-0.4, -0.2) is 16.9 Å². The van der Waals surface area contributed by atoms with E-state index in [9.17, 15) is 14.4 Å². The Bertz CT molecular complexity index is 1150. The Morgan fingerprint density at radius 1 is 1.25 bits per heavy atom. The fraction of sp³-hybridized carbons (Fsp3) is 0.200. The average molecular weight is 445 g/mol. The summed E-state index contributed by atoms with van der Waals surface area (Å²) >= 11 is 3.40. The lowest BCUT2D eigenvalue weighted by molar-refractivity contribution is -0.142. The molecule has 1 aromatic carbocycles. The van der Waals surface area contributed by atoms with Gasteiger partial charge >= 0.3 is 11.6 Å². The molecule has 0 unspecified atom stereocenters. The molecule has 0 bridgehead atoms. The standard InChI is InChI=1S/C20H17BrN2O5/c1-10-6-14(4-5-17(10)21)23-19(25)16-7-15-13(9-27-12(3)24)8-22-11(2)18(15)28-20(16)26/h4-8H,9H2,1-3H3,(H,23,25). The molecule has 0 aliphatic heterocycles. The number of carbonyl (C=O) groups excluding carboxylic acids is 2. The topological polar surface area (TPSA) is 98.5 Å². The maximum Gasteiger partial charge on any atom is 0.349 e. The highest BCUT2D eigenvalue weighted by Gasteiger charge is 2.18. The van der Waals surface area contributed by atoms with Crippen LogP contribution < -0.4 is 10.9 Å². The van der Waals surface area contributed by atoms with Crippen molar-refractivity contribution in [3.05, 3.63) is 67.7 Å². The van der Waals surface area contributed by atoms with E-state index in [-0.39, 0.29) is 17.8 Å². The smallest absolute Gasteiger partial charge is 0.349 e. The van der Waals surface area contributed by atoms with Gasteiger partial charge in [-0.1, -0.05) is 15.9 Å². The van der Waals surface area contributed by atoms with Gasteiger partial charge in [0, 0.05) is 34.2 Å². The zero-order valence-corrected chi connectivity index (χ0v) is 17.0. The second kappa shape index (κ2) is 7.93. The Balaban J connectivity index is 2.02. The fourth-order valence-corrected chi connectivity index (χ4v) is 2.90. The summed E-state index contributed by atoms with van der Waals surface area (Å²) in [5.41, 5.74) is 1.86. The number of fused-ring (bicyclic) bond motifs is 1. The summed E-state index contributed by atoms with van der Waals surface area (Å²) in [6, 6.07) is 6.75. The molecule has 0 aliphatic rings. The SMILES string of the molecule is CC(=O)OCc1cnc(C)c2oc(=O)c(C(=O)Nc3ccc(Br)c(C)c3)cc12. The van der Waals surface area contributed by atoms with E-state index in [1.54, 1.807) is 25.1 Å². The van der Waals surface area contributed by atoms with Gasteiger partial charge in [0.15, 0.2) is 5.58 Å². The lowest BCUT2D eigenvalue weighted by Crippen LogP contribution is -2.21. The van der Waals surface area contributed by atoms with E-state index in [1.807, 2.05) is 6.92 Å². The Morgan fingerprint density at radius 3 is 2.68 bits per heavy atom. The second-order valence-electron chi connectivity index (χ2n) is 6.26. The number of halogens is 1. The molecular weight excluding hydrogens is 428 g/mol. The summed E-state index contributed by atoms with van der Waals surface area (Å²) in [6.45, 7) is 4.83. The number of esters is 1. The van der Waals surface area contributed by atoms with Crippen LogP contribution in [0.2, 0.25) is 0 Å². The van der Waals surface area contributed by atoms with Gasteiger partial charge in [-0.05, 0) is 43.7 Å². The zero-order valence-electron chi connectivity index (χ0n) is 15.5. The van der Waals surface area contributed by atoms with Gasteiger partial charge in [0.1, 0.15) is 12.2 Å². The molecule has 0 aliphatic carbocycles. The van der Waals surface area contributed by atoms with Crippen molar-refractivity contribution in [1.82, 2.24) is 4.98 Å². The Kier molecular flexibility index (Phi) is 5.60. The summed E-state index contributed by atoms with van der Waals surface area (Å²) in [5.74, 6) is -1.04. The Hall–Kier alpha value is -3.00. The molecule has 0 radical (unpaired) electrons. The Morgan fingerprint density at radius 2 is 2.00 bits per heavy atom. The molecule has 7 nitrogen and oxygen atoms in total.